The zero-order valence-corrected chi connectivity index (χ0v) is 15.1. The summed E-state index contributed by atoms with van der Waals surface area (Å²) in [6.07, 6.45) is 5.31. The molecule has 4 rings (SSSR count). The summed E-state index contributed by atoms with van der Waals surface area (Å²) in [5.74, 6) is 1.61. The number of nitrogens with zero attached hydrogens (tertiary/aromatic N) is 2. The van der Waals surface area contributed by atoms with Crippen LogP contribution in [0, 0.1) is 17.3 Å². The highest BCUT2D eigenvalue weighted by Gasteiger charge is 2.49. The van der Waals surface area contributed by atoms with Gasteiger partial charge in [0.1, 0.15) is 0 Å². The minimum atomic E-state index is 0.481. The summed E-state index contributed by atoms with van der Waals surface area (Å²) < 4.78 is 6.10. The zero-order chi connectivity index (χ0) is 16.4. The van der Waals surface area contributed by atoms with Gasteiger partial charge in [-0.15, -0.1) is 0 Å². The average molecular weight is 329 g/mol. The van der Waals surface area contributed by atoms with Gasteiger partial charge in [0.05, 0.1) is 6.61 Å². The van der Waals surface area contributed by atoms with Crippen LogP contribution < -0.4 is 0 Å². The SMILES string of the molecule is CN1C[C@H](COCC2CC2)[C@]2(CCN(CCc3ccccc3)C2)C1. The molecule has 2 saturated heterocycles. The molecule has 1 aromatic carbocycles. The van der Waals surface area contributed by atoms with E-state index in [-0.39, 0.29) is 0 Å². The third-order valence-electron chi connectivity index (χ3n) is 6.38. The maximum absolute atomic E-state index is 6.10. The van der Waals surface area contributed by atoms with Gasteiger partial charge in [-0.05, 0) is 50.8 Å². The van der Waals surface area contributed by atoms with Crippen LogP contribution >= 0.6 is 0 Å². The molecule has 1 aliphatic carbocycles. The Hall–Kier alpha value is -0.900. The lowest BCUT2D eigenvalue weighted by Gasteiger charge is -2.30. The van der Waals surface area contributed by atoms with Crippen LogP contribution in [0.15, 0.2) is 30.3 Å². The van der Waals surface area contributed by atoms with Crippen molar-refractivity contribution in [3.8, 4) is 0 Å². The molecular weight excluding hydrogens is 296 g/mol. The van der Waals surface area contributed by atoms with E-state index >= 15 is 0 Å². The maximum atomic E-state index is 6.10. The summed E-state index contributed by atoms with van der Waals surface area (Å²) in [5.41, 5.74) is 1.95. The van der Waals surface area contributed by atoms with Crippen molar-refractivity contribution in [1.82, 2.24) is 9.80 Å². The molecule has 24 heavy (non-hydrogen) atoms. The van der Waals surface area contributed by atoms with E-state index in [2.05, 4.69) is 47.2 Å². The van der Waals surface area contributed by atoms with Gasteiger partial charge >= 0.3 is 0 Å². The minimum Gasteiger partial charge on any atom is -0.381 e. The summed E-state index contributed by atoms with van der Waals surface area (Å²) in [7, 11) is 2.29. The molecule has 0 bridgehead atoms. The van der Waals surface area contributed by atoms with Crippen molar-refractivity contribution in [3.05, 3.63) is 35.9 Å². The van der Waals surface area contributed by atoms with E-state index in [4.69, 9.17) is 4.74 Å². The minimum absolute atomic E-state index is 0.481. The van der Waals surface area contributed by atoms with Gasteiger partial charge in [-0.1, -0.05) is 30.3 Å². The average Bonchev–Trinajstić information content (AvgIpc) is 3.25. The highest BCUT2D eigenvalue weighted by Crippen LogP contribution is 2.43. The van der Waals surface area contributed by atoms with Crippen LogP contribution in [0.4, 0.5) is 0 Å². The Morgan fingerprint density at radius 1 is 1.12 bits per heavy atom. The summed E-state index contributed by atoms with van der Waals surface area (Å²) in [5, 5.41) is 0. The Bertz CT molecular complexity index is 530. The molecule has 3 aliphatic rings. The lowest BCUT2D eigenvalue weighted by molar-refractivity contribution is 0.0559. The Morgan fingerprint density at radius 2 is 1.96 bits per heavy atom. The van der Waals surface area contributed by atoms with E-state index < -0.39 is 0 Å². The Labute approximate surface area is 147 Å². The number of benzene rings is 1. The van der Waals surface area contributed by atoms with Crippen LogP contribution in [0.3, 0.4) is 0 Å². The molecule has 2 heterocycles. The van der Waals surface area contributed by atoms with E-state index in [0.717, 1.165) is 25.0 Å². The highest BCUT2D eigenvalue weighted by atomic mass is 16.5. The van der Waals surface area contributed by atoms with Crippen LogP contribution in [-0.4, -0.2) is 62.8 Å². The molecule has 2 aliphatic heterocycles. The molecule has 132 valence electrons. The van der Waals surface area contributed by atoms with Crippen LogP contribution in [-0.2, 0) is 11.2 Å². The van der Waals surface area contributed by atoms with Gasteiger partial charge in [0.25, 0.3) is 0 Å². The molecule has 3 fully saturated rings. The van der Waals surface area contributed by atoms with E-state index in [1.54, 1.807) is 0 Å². The van der Waals surface area contributed by atoms with E-state index in [1.165, 1.54) is 64.0 Å². The molecule has 1 spiro atoms. The first-order valence-corrected chi connectivity index (χ1v) is 9.76. The van der Waals surface area contributed by atoms with E-state index in [1.807, 2.05) is 0 Å². The third-order valence-corrected chi connectivity index (χ3v) is 6.38. The van der Waals surface area contributed by atoms with Gasteiger partial charge in [0.15, 0.2) is 0 Å². The molecule has 0 aromatic heterocycles. The van der Waals surface area contributed by atoms with E-state index in [9.17, 15) is 0 Å². The largest absolute Gasteiger partial charge is 0.381 e. The second-order valence-corrected chi connectivity index (χ2v) is 8.50. The van der Waals surface area contributed by atoms with Gasteiger partial charge in [0.2, 0.25) is 0 Å². The number of ether oxygens (including phenoxy) is 1. The second kappa shape index (κ2) is 7.15. The lowest BCUT2D eigenvalue weighted by Crippen LogP contribution is -2.36. The van der Waals surface area contributed by atoms with Gasteiger partial charge < -0.3 is 14.5 Å². The Kier molecular flexibility index (Phi) is 4.93. The standard InChI is InChI=1S/C21H32N2O/c1-22-13-20(15-24-14-19-7-8-19)21(16-22)10-12-23(17-21)11-9-18-5-3-2-4-6-18/h2-6,19-20H,7-17H2,1H3/t20-,21-/m1/s1. The molecule has 3 nitrogen and oxygen atoms in total. The third kappa shape index (κ3) is 3.84. The van der Waals surface area contributed by atoms with Crippen LogP contribution in [0.1, 0.15) is 24.8 Å². The topological polar surface area (TPSA) is 15.7 Å². The molecule has 0 N–H and O–H groups in total. The molecule has 0 radical (unpaired) electrons. The van der Waals surface area contributed by atoms with Crippen LogP contribution in [0.25, 0.3) is 0 Å². The summed E-state index contributed by atoms with van der Waals surface area (Å²) in [6, 6.07) is 10.9. The monoisotopic (exact) mass is 328 g/mol. The molecular formula is C21H32N2O. The molecule has 1 aromatic rings. The first kappa shape index (κ1) is 16.6. The Balaban J connectivity index is 1.30. The van der Waals surface area contributed by atoms with E-state index in [0.29, 0.717) is 5.41 Å². The zero-order valence-electron chi connectivity index (χ0n) is 15.1. The van der Waals surface area contributed by atoms with Gasteiger partial charge in [-0.3, -0.25) is 0 Å². The quantitative estimate of drug-likeness (QED) is 0.765. The summed E-state index contributed by atoms with van der Waals surface area (Å²) in [6.45, 7) is 8.19. The fraction of sp³-hybridized carbons (Fsp3) is 0.714. The first-order chi connectivity index (χ1) is 11.7. The number of hydrogen-bond acceptors (Lipinski definition) is 3. The smallest absolute Gasteiger partial charge is 0.0512 e. The molecule has 0 amide bonds. The molecule has 2 atom stereocenters. The van der Waals surface area contributed by atoms with Gasteiger partial charge in [-0.2, -0.15) is 0 Å². The predicted octanol–water partition coefficient (Wildman–Crippen LogP) is 2.91. The van der Waals surface area contributed by atoms with Crippen molar-refractivity contribution in [2.24, 2.45) is 17.3 Å². The first-order valence-electron chi connectivity index (χ1n) is 9.76. The fourth-order valence-electron chi connectivity index (χ4n) is 4.76. The molecule has 1 saturated carbocycles. The fourth-order valence-corrected chi connectivity index (χ4v) is 4.76. The van der Waals surface area contributed by atoms with Crippen molar-refractivity contribution >= 4 is 0 Å². The Morgan fingerprint density at radius 3 is 2.75 bits per heavy atom. The van der Waals surface area contributed by atoms with Crippen molar-refractivity contribution in [2.75, 3.05) is 53.0 Å². The number of rotatable bonds is 7. The van der Waals surface area contributed by atoms with Crippen molar-refractivity contribution in [1.29, 1.82) is 0 Å². The maximum Gasteiger partial charge on any atom is 0.0512 e. The van der Waals surface area contributed by atoms with Crippen molar-refractivity contribution in [2.45, 2.75) is 25.7 Å². The highest BCUT2D eigenvalue weighted by molar-refractivity contribution is 5.15. The van der Waals surface area contributed by atoms with Crippen molar-refractivity contribution < 1.29 is 4.74 Å². The molecule has 3 heteroatoms. The lowest BCUT2D eigenvalue weighted by atomic mass is 9.77. The second-order valence-electron chi connectivity index (χ2n) is 8.50. The van der Waals surface area contributed by atoms with Crippen LogP contribution in [0.2, 0.25) is 0 Å². The summed E-state index contributed by atoms with van der Waals surface area (Å²) in [4.78, 5) is 5.23. The molecule has 0 unspecified atom stereocenters. The van der Waals surface area contributed by atoms with Gasteiger partial charge in [-0.25, -0.2) is 0 Å². The van der Waals surface area contributed by atoms with Gasteiger partial charge in [0, 0.05) is 44.1 Å². The number of hydrogen-bond donors (Lipinski definition) is 0. The predicted molar refractivity (Wildman–Crippen MR) is 98.2 cm³/mol. The number of likely N-dealkylation sites (tertiary alicyclic amines) is 2. The van der Waals surface area contributed by atoms with Crippen molar-refractivity contribution in [3.63, 3.8) is 0 Å². The summed E-state index contributed by atoms with van der Waals surface area (Å²) >= 11 is 0. The van der Waals surface area contributed by atoms with Crippen LogP contribution in [0.5, 0.6) is 0 Å². The normalized spacial score (nSPS) is 31.3.